The van der Waals surface area contributed by atoms with E-state index in [1.807, 2.05) is 0 Å². The van der Waals surface area contributed by atoms with Gasteiger partial charge < -0.3 is 19.5 Å². The van der Waals surface area contributed by atoms with E-state index >= 15 is 0 Å². The van der Waals surface area contributed by atoms with Gasteiger partial charge in [0.25, 0.3) is 0 Å². The maximum atomic E-state index is 12.1. The zero-order chi connectivity index (χ0) is 20.6. The lowest BCUT2D eigenvalue weighted by molar-refractivity contribution is -0.145. The van der Waals surface area contributed by atoms with Crippen LogP contribution in [0.5, 0.6) is 11.5 Å². The molecular weight excluding hydrogens is 354 g/mol. The molecule has 1 amide bonds. The van der Waals surface area contributed by atoms with Gasteiger partial charge in [-0.15, -0.1) is 0 Å². The molecule has 0 aliphatic rings. The van der Waals surface area contributed by atoms with Gasteiger partial charge >= 0.3 is 17.9 Å². The Morgan fingerprint density at radius 1 is 1.00 bits per heavy atom. The van der Waals surface area contributed by atoms with Gasteiger partial charge in [-0.25, -0.2) is 4.79 Å². The largest absolute Gasteiger partial charge is 0.467 e. The number of benzene rings is 1. The van der Waals surface area contributed by atoms with E-state index in [4.69, 9.17) is 9.47 Å². The fraction of sp³-hybridized carbons (Fsp3) is 0.368. The first-order chi connectivity index (χ1) is 12.6. The van der Waals surface area contributed by atoms with Crippen LogP contribution in [0.15, 0.2) is 24.3 Å². The number of nitrogens with one attached hydrogen (secondary N) is 1. The number of carbonyl (C=O) groups is 4. The van der Waals surface area contributed by atoms with E-state index in [1.54, 1.807) is 19.9 Å². The third kappa shape index (κ3) is 7.31. The van der Waals surface area contributed by atoms with Crippen molar-refractivity contribution in [2.75, 3.05) is 7.11 Å². The molecule has 0 aliphatic heterocycles. The zero-order valence-electron chi connectivity index (χ0n) is 15.9. The Morgan fingerprint density at radius 3 is 2.11 bits per heavy atom. The van der Waals surface area contributed by atoms with Gasteiger partial charge in [0.05, 0.1) is 7.11 Å². The SMILES string of the molecule is COC(=O)[C@@H](NC(=O)/C=C/c1ccc(OC(C)=O)c(OC(C)=O)c1)C(C)C. The maximum Gasteiger partial charge on any atom is 0.328 e. The van der Waals surface area contributed by atoms with Gasteiger partial charge in [-0.1, -0.05) is 19.9 Å². The predicted molar refractivity (Wildman–Crippen MR) is 96.9 cm³/mol. The predicted octanol–water partition coefficient (Wildman–Crippen LogP) is 1.86. The molecule has 1 rings (SSSR count). The van der Waals surface area contributed by atoms with Crippen molar-refractivity contribution >= 4 is 29.9 Å². The summed E-state index contributed by atoms with van der Waals surface area (Å²) in [5, 5.41) is 2.57. The minimum atomic E-state index is -0.768. The molecule has 146 valence electrons. The molecule has 0 aliphatic carbocycles. The standard InChI is InChI=1S/C19H23NO7/c1-11(2)18(19(24)25-5)20-17(23)9-7-14-6-8-15(26-12(3)21)16(10-14)27-13(4)22/h6-11,18H,1-5H3,(H,20,23)/b9-7+/t18-/m0/s1. The summed E-state index contributed by atoms with van der Waals surface area (Å²) in [7, 11) is 1.25. The third-order valence-electron chi connectivity index (χ3n) is 3.32. The Kier molecular flexibility index (Phi) is 8.19. The second kappa shape index (κ2) is 10.1. The van der Waals surface area contributed by atoms with Gasteiger partial charge in [0, 0.05) is 19.9 Å². The van der Waals surface area contributed by atoms with Gasteiger partial charge in [0.1, 0.15) is 6.04 Å². The summed E-state index contributed by atoms with van der Waals surface area (Å²) in [5.41, 5.74) is 0.525. The minimum absolute atomic E-state index is 0.0508. The molecule has 0 bridgehead atoms. The summed E-state index contributed by atoms with van der Waals surface area (Å²) >= 11 is 0. The second-order valence-corrected chi connectivity index (χ2v) is 5.98. The number of amides is 1. The highest BCUT2D eigenvalue weighted by molar-refractivity contribution is 5.94. The fourth-order valence-corrected chi connectivity index (χ4v) is 2.10. The lowest BCUT2D eigenvalue weighted by Gasteiger charge is -2.18. The van der Waals surface area contributed by atoms with E-state index in [2.05, 4.69) is 10.1 Å². The van der Waals surface area contributed by atoms with E-state index in [0.29, 0.717) is 5.56 Å². The van der Waals surface area contributed by atoms with Crippen LogP contribution in [0, 0.1) is 5.92 Å². The first-order valence-corrected chi connectivity index (χ1v) is 8.21. The van der Waals surface area contributed by atoms with Crippen molar-refractivity contribution < 1.29 is 33.4 Å². The summed E-state index contributed by atoms with van der Waals surface area (Å²) in [6.07, 6.45) is 2.70. The Balaban J connectivity index is 2.96. The van der Waals surface area contributed by atoms with E-state index in [-0.39, 0.29) is 17.4 Å². The first-order valence-electron chi connectivity index (χ1n) is 8.21. The molecule has 1 aromatic carbocycles. The fourth-order valence-electron chi connectivity index (χ4n) is 2.10. The lowest BCUT2D eigenvalue weighted by atomic mass is 10.0. The molecule has 8 nitrogen and oxygen atoms in total. The van der Waals surface area contributed by atoms with Crippen molar-refractivity contribution in [3.63, 3.8) is 0 Å². The Labute approximate surface area is 157 Å². The molecule has 0 spiro atoms. The molecule has 0 heterocycles. The summed E-state index contributed by atoms with van der Waals surface area (Å²) in [5.74, 6) is -2.17. The monoisotopic (exact) mass is 377 g/mol. The van der Waals surface area contributed by atoms with Crippen molar-refractivity contribution in [2.24, 2.45) is 5.92 Å². The van der Waals surface area contributed by atoms with Crippen LogP contribution in [0.4, 0.5) is 0 Å². The lowest BCUT2D eigenvalue weighted by Crippen LogP contribution is -2.44. The van der Waals surface area contributed by atoms with Gasteiger partial charge in [0.2, 0.25) is 5.91 Å². The smallest absolute Gasteiger partial charge is 0.328 e. The number of ether oxygens (including phenoxy) is 3. The van der Waals surface area contributed by atoms with Crippen molar-refractivity contribution in [2.45, 2.75) is 33.7 Å². The first kappa shape index (κ1) is 21.9. The molecule has 0 saturated heterocycles. The number of rotatable bonds is 7. The highest BCUT2D eigenvalue weighted by Crippen LogP contribution is 2.29. The number of hydrogen-bond donors (Lipinski definition) is 1. The topological polar surface area (TPSA) is 108 Å². The Morgan fingerprint density at radius 2 is 1.59 bits per heavy atom. The van der Waals surface area contributed by atoms with E-state index in [0.717, 1.165) is 0 Å². The Bertz CT molecular complexity index is 752. The highest BCUT2D eigenvalue weighted by atomic mass is 16.6. The third-order valence-corrected chi connectivity index (χ3v) is 3.32. The maximum absolute atomic E-state index is 12.1. The molecule has 1 aromatic rings. The molecular formula is C19H23NO7. The van der Waals surface area contributed by atoms with Gasteiger partial charge in [-0.2, -0.15) is 0 Å². The van der Waals surface area contributed by atoms with Crippen molar-refractivity contribution in [3.05, 3.63) is 29.8 Å². The molecule has 0 aromatic heterocycles. The van der Waals surface area contributed by atoms with E-state index < -0.39 is 29.9 Å². The molecule has 0 radical (unpaired) electrons. The molecule has 1 N–H and O–H groups in total. The summed E-state index contributed by atoms with van der Waals surface area (Å²) in [4.78, 5) is 46.1. The number of hydrogen-bond acceptors (Lipinski definition) is 7. The second-order valence-electron chi connectivity index (χ2n) is 5.98. The van der Waals surface area contributed by atoms with E-state index in [1.165, 1.54) is 45.2 Å². The van der Waals surface area contributed by atoms with Crippen LogP contribution in [-0.2, 0) is 23.9 Å². The van der Waals surface area contributed by atoms with Gasteiger partial charge in [-0.3, -0.25) is 14.4 Å². The normalized spacial score (nSPS) is 11.8. The van der Waals surface area contributed by atoms with Crippen molar-refractivity contribution in [1.82, 2.24) is 5.32 Å². The zero-order valence-corrected chi connectivity index (χ0v) is 15.9. The van der Waals surface area contributed by atoms with E-state index in [9.17, 15) is 19.2 Å². The number of carbonyl (C=O) groups excluding carboxylic acids is 4. The molecule has 0 fully saturated rings. The van der Waals surface area contributed by atoms with Crippen molar-refractivity contribution in [3.8, 4) is 11.5 Å². The average molecular weight is 377 g/mol. The molecule has 0 saturated carbocycles. The van der Waals surface area contributed by atoms with Crippen LogP contribution in [-0.4, -0.2) is 37.0 Å². The van der Waals surface area contributed by atoms with Gasteiger partial charge in [0.15, 0.2) is 11.5 Å². The number of methoxy groups -OCH3 is 1. The van der Waals surface area contributed by atoms with Crippen LogP contribution in [0.25, 0.3) is 6.08 Å². The highest BCUT2D eigenvalue weighted by Gasteiger charge is 2.23. The molecule has 1 atom stereocenters. The molecule has 8 heteroatoms. The van der Waals surface area contributed by atoms with Crippen LogP contribution in [0.1, 0.15) is 33.3 Å². The number of esters is 3. The van der Waals surface area contributed by atoms with Crippen LogP contribution < -0.4 is 14.8 Å². The quantitative estimate of drug-likeness (QED) is 0.439. The van der Waals surface area contributed by atoms with Crippen LogP contribution in [0.2, 0.25) is 0 Å². The van der Waals surface area contributed by atoms with Gasteiger partial charge in [-0.05, 0) is 29.7 Å². The van der Waals surface area contributed by atoms with Crippen molar-refractivity contribution in [1.29, 1.82) is 0 Å². The Hall–Kier alpha value is -3.16. The summed E-state index contributed by atoms with van der Waals surface area (Å²) < 4.78 is 14.7. The summed E-state index contributed by atoms with van der Waals surface area (Å²) in [6.45, 7) is 6.00. The summed E-state index contributed by atoms with van der Waals surface area (Å²) in [6, 6.07) is 3.71. The average Bonchev–Trinajstić information content (AvgIpc) is 2.58. The minimum Gasteiger partial charge on any atom is -0.467 e. The molecule has 0 unspecified atom stereocenters. The molecule has 27 heavy (non-hydrogen) atoms. The van der Waals surface area contributed by atoms with Crippen LogP contribution in [0.3, 0.4) is 0 Å². The van der Waals surface area contributed by atoms with Crippen LogP contribution >= 0.6 is 0 Å².